The molecule has 1 atom stereocenters. The van der Waals surface area contributed by atoms with E-state index in [4.69, 9.17) is 10.2 Å². The van der Waals surface area contributed by atoms with Crippen LogP contribution in [0.3, 0.4) is 0 Å². The van der Waals surface area contributed by atoms with Gasteiger partial charge in [-0.25, -0.2) is 0 Å². The molecule has 3 heteroatoms. The van der Waals surface area contributed by atoms with Gasteiger partial charge in [-0.1, -0.05) is 6.42 Å². The Kier molecular flexibility index (Phi) is 3.98. The summed E-state index contributed by atoms with van der Waals surface area (Å²) < 4.78 is 0. The molecule has 0 aromatic heterocycles. The Labute approximate surface area is 74.0 Å². The molecular weight excluding hydrogens is 154 g/mol. The highest BCUT2D eigenvalue weighted by Gasteiger charge is 2.19. The molecule has 0 amide bonds. The van der Waals surface area contributed by atoms with Crippen LogP contribution in [0.2, 0.25) is 0 Å². The van der Waals surface area contributed by atoms with E-state index in [1.165, 1.54) is 19.3 Å². The van der Waals surface area contributed by atoms with Gasteiger partial charge in [-0.2, -0.15) is 0 Å². The molecule has 1 aliphatic carbocycles. The normalized spacial score (nSPS) is 21.0. The van der Waals surface area contributed by atoms with Crippen LogP contribution in [-0.2, 0) is 0 Å². The van der Waals surface area contributed by atoms with E-state index in [2.05, 4.69) is 4.90 Å². The number of aliphatic hydroxyl groups is 2. The number of nitrogens with zero attached hydrogens (tertiary/aromatic N) is 1. The summed E-state index contributed by atoms with van der Waals surface area (Å²) in [6, 6.07) is 0. The molecule has 0 heterocycles. The van der Waals surface area contributed by atoms with Crippen molar-refractivity contribution in [3.05, 3.63) is 0 Å². The SMILES string of the molecule is CN(CC(O)CO)CC1CCC1. The van der Waals surface area contributed by atoms with Crippen molar-refractivity contribution in [2.24, 2.45) is 5.92 Å². The van der Waals surface area contributed by atoms with Crippen LogP contribution < -0.4 is 0 Å². The fourth-order valence-electron chi connectivity index (χ4n) is 1.61. The number of rotatable bonds is 5. The van der Waals surface area contributed by atoms with Crippen LogP contribution in [-0.4, -0.2) is 48.0 Å². The fourth-order valence-corrected chi connectivity index (χ4v) is 1.61. The van der Waals surface area contributed by atoms with E-state index >= 15 is 0 Å². The van der Waals surface area contributed by atoms with Crippen molar-refractivity contribution in [1.29, 1.82) is 0 Å². The van der Waals surface area contributed by atoms with E-state index in [0.717, 1.165) is 12.5 Å². The maximum atomic E-state index is 9.14. The third-order valence-corrected chi connectivity index (χ3v) is 2.53. The van der Waals surface area contributed by atoms with Gasteiger partial charge in [-0.3, -0.25) is 0 Å². The van der Waals surface area contributed by atoms with Crippen molar-refractivity contribution in [1.82, 2.24) is 4.90 Å². The van der Waals surface area contributed by atoms with E-state index in [1.54, 1.807) is 0 Å². The van der Waals surface area contributed by atoms with E-state index in [0.29, 0.717) is 6.54 Å². The Morgan fingerprint density at radius 3 is 2.58 bits per heavy atom. The molecule has 0 radical (unpaired) electrons. The minimum atomic E-state index is -0.574. The predicted molar refractivity (Wildman–Crippen MR) is 47.9 cm³/mol. The summed E-state index contributed by atoms with van der Waals surface area (Å²) in [5.74, 6) is 0.834. The van der Waals surface area contributed by atoms with Gasteiger partial charge in [0.2, 0.25) is 0 Å². The zero-order chi connectivity index (χ0) is 8.97. The lowest BCUT2D eigenvalue weighted by atomic mass is 9.85. The highest BCUT2D eigenvalue weighted by atomic mass is 16.3. The lowest BCUT2D eigenvalue weighted by Gasteiger charge is -2.30. The van der Waals surface area contributed by atoms with Gasteiger partial charge in [-0.05, 0) is 25.8 Å². The number of hydrogen-bond donors (Lipinski definition) is 2. The molecule has 0 aromatic rings. The Morgan fingerprint density at radius 2 is 2.17 bits per heavy atom. The third kappa shape index (κ3) is 3.09. The van der Waals surface area contributed by atoms with Crippen LogP contribution in [0.1, 0.15) is 19.3 Å². The van der Waals surface area contributed by atoms with Crippen molar-refractivity contribution in [3.63, 3.8) is 0 Å². The van der Waals surface area contributed by atoms with Crippen LogP contribution in [0, 0.1) is 5.92 Å². The van der Waals surface area contributed by atoms with E-state index in [-0.39, 0.29) is 6.61 Å². The van der Waals surface area contributed by atoms with Gasteiger partial charge in [0.1, 0.15) is 0 Å². The second kappa shape index (κ2) is 4.80. The Bertz CT molecular complexity index is 119. The molecule has 0 spiro atoms. The average molecular weight is 173 g/mol. The fraction of sp³-hybridized carbons (Fsp3) is 1.00. The number of likely N-dealkylation sites (N-methyl/N-ethyl adjacent to an activating group) is 1. The van der Waals surface area contributed by atoms with E-state index in [9.17, 15) is 0 Å². The molecule has 1 fully saturated rings. The lowest BCUT2D eigenvalue weighted by molar-refractivity contribution is 0.0579. The van der Waals surface area contributed by atoms with Crippen LogP contribution in [0.25, 0.3) is 0 Å². The minimum absolute atomic E-state index is 0.130. The first-order chi connectivity index (χ1) is 5.72. The molecule has 0 bridgehead atoms. The second-order valence-electron chi connectivity index (χ2n) is 3.85. The van der Waals surface area contributed by atoms with Gasteiger partial charge in [-0.15, -0.1) is 0 Å². The second-order valence-corrected chi connectivity index (χ2v) is 3.85. The van der Waals surface area contributed by atoms with Crippen molar-refractivity contribution in [2.45, 2.75) is 25.4 Å². The molecule has 0 aromatic carbocycles. The van der Waals surface area contributed by atoms with Crippen LogP contribution in [0.5, 0.6) is 0 Å². The number of hydrogen-bond acceptors (Lipinski definition) is 3. The summed E-state index contributed by atoms with van der Waals surface area (Å²) in [6.07, 6.45) is 3.45. The Balaban J connectivity index is 2.05. The standard InChI is InChI=1S/C9H19NO2/c1-10(6-9(12)7-11)5-8-3-2-4-8/h8-9,11-12H,2-7H2,1H3. The number of aliphatic hydroxyl groups excluding tert-OH is 2. The maximum absolute atomic E-state index is 9.14. The summed E-state index contributed by atoms with van der Waals surface area (Å²) in [4.78, 5) is 2.10. The molecular formula is C9H19NO2. The van der Waals surface area contributed by atoms with Crippen molar-refractivity contribution in [2.75, 3.05) is 26.7 Å². The van der Waals surface area contributed by atoms with Crippen LogP contribution in [0.4, 0.5) is 0 Å². The largest absolute Gasteiger partial charge is 0.394 e. The van der Waals surface area contributed by atoms with E-state index < -0.39 is 6.10 Å². The van der Waals surface area contributed by atoms with Crippen molar-refractivity contribution >= 4 is 0 Å². The monoisotopic (exact) mass is 173 g/mol. The molecule has 1 saturated carbocycles. The van der Waals surface area contributed by atoms with Gasteiger partial charge < -0.3 is 15.1 Å². The topological polar surface area (TPSA) is 43.7 Å². The van der Waals surface area contributed by atoms with Crippen molar-refractivity contribution in [3.8, 4) is 0 Å². The highest BCUT2D eigenvalue weighted by molar-refractivity contribution is 4.73. The third-order valence-electron chi connectivity index (χ3n) is 2.53. The van der Waals surface area contributed by atoms with Gasteiger partial charge in [0.25, 0.3) is 0 Å². The smallest absolute Gasteiger partial charge is 0.0897 e. The molecule has 72 valence electrons. The van der Waals surface area contributed by atoms with E-state index in [1.807, 2.05) is 7.05 Å². The summed E-state index contributed by atoms with van der Waals surface area (Å²) in [7, 11) is 2.00. The molecule has 2 N–H and O–H groups in total. The van der Waals surface area contributed by atoms with Crippen LogP contribution >= 0.6 is 0 Å². The molecule has 0 aliphatic heterocycles. The summed E-state index contributed by atoms with van der Waals surface area (Å²) >= 11 is 0. The van der Waals surface area contributed by atoms with Crippen molar-refractivity contribution < 1.29 is 10.2 Å². The maximum Gasteiger partial charge on any atom is 0.0897 e. The summed E-state index contributed by atoms with van der Waals surface area (Å²) in [5, 5.41) is 17.8. The summed E-state index contributed by atoms with van der Waals surface area (Å²) in [5.41, 5.74) is 0. The van der Waals surface area contributed by atoms with Gasteiger partial charge in [0.15, 0.2) is 0 Å². The zero-order valence-corrected chi connectivity index (χ0v) is 7.74. The Morgan fingerprint density at radius 1 is 1.50 bits per heavy atom. The average Bonchev–Trinajstić information content (AvgIpc) is 1.97. The first-order valence-corrected chi connectivity index (χ1v) is 4.70. The van der Waals surface area contributed by atoms with Gasteiger partial charge >= 0.3 is 0 Å². The molecule has 1 aliphatic rings. The first kappa shape index (κ1) is 9.96. The Hall–Kier alpha value is -0.120. The van der Waals surface area contributed by atoms with Gasteiger partial charge in [0, 0.05) is 13.1 Å². The minimum Gasteiger partial charge on any atom is -0.394 e. The molecule has 1 unspecified atom stereocenters. The zero-order valence-electron chi connectivity index (χ0n) is 7.74. The summed E-state index contributed by atoms with van der Waals surface area (Å²) in [6.45, 7) is 1.53. The quantitative estimate of drug-likeness (QED) is 0.618. The predicted octanol–water partition coefficient (Wildman–Crippen LogP) is 0.0715. The molecule has 1 rings (SSSR count). The molecule has 3 nitrogen and oxygen atoms in total. The molecule has 0 saturated heterocycles. The van der Waals surface area contributed by atoms with Crippen LogP contribution in [0.15, 0.2) is 0 Å². The molecule has 12 heavy (non-hydrogen) atoms. The van der Waals surface area contributed by atoms with Gasteiger partial charge in [0.05, 0.1) is 12.7 Å². The highest BCUT2D eigenvalue weighted by Crippen LogP contribution is 2.26. The first-order valence-electron chi connectivity index (χ1n) is 4.70. The lowest BCUT2D eigenvalue weighted by Crippen LogP contribution is -2.36.